The molecule has 0 aliphatic rings. The van der Waals surface area contributed by atoms with E-state index in [4.69, 9.17) is 4.52 Å². The summed E-state index contributed by atoms with van der Waals surface area (Å²) in [7, 11) is 0. The van der Waals surface area contributed by atoms with E-state index >= 15 is 0 Å². The zero-order valence-electron chi connectivity index (χ0n) is 13.0. The van der Waals surface area contributed by atoms with Crippen LogP contribution in [0.3, 0.4) is 0 Å². The zero-order valence-corrected chi connectivity index (χ0v) is 13.8. The molecule has 2 heterocycles. The van der Waals surface area contributed by atoms with Crippen molar-refractivity contribution in [3.05, 3.63) is 17.7 Å². The molecule has 25 heavy (non-hydrogen) atoms. The first-order chi connectivity index (χ1) is 11.6. The van der Waals surface area contributed by atoms with Gasteiger partial charge in [0.2, 0.25) is 23.6 Å². The maximum Gasteiger partial charge on any atom is 0.451 e. The number of amides is 2. The first-order valence-corrected chi connectivity index (χ1v) is 7.85. The Morgan fingerprint density at radius 3 is 2.68 bits per heavy atom. The van der Waals surface area contributed by atoms with Crippen molar-refractivity contribution in [2.24, 2.45) is 0 Å². The van der Waals surface area contributed by atoms with E-state index < -0.39 is 35.0 Å². The number of rotatable bonds is 6. The Hall–Kier alpha value is -2.57. The van der Waals surface area contributed by atoms with Gasteiger partial charge in [-0.05, 0) is 13.8 Å². The van der Waals surface area contributed by atoms with E-state index in [0.717, 1.165) is 11.8 Å². The van der Waals surface area contributed by atoms with Crippen LogP contribution in [-0.4, -0.2) is 43.2 Å². The van der Waals surface area contributed by atoms with E-state index in [-0.39, 0.29) is 11.6 Å². The van der Waals surface area contributed by atoms with E-state index in [0.29, 0.717) is 5.76 Å². The number of hydrogen-bond acceptors (Lipinski definition) is 7. The monoisotopic (exact) mass is 378 g/mol. The van der Waals surface area contributed by atoms with Crippen LogP contribution in [0.15, 0.2) is 10.6 Å². The quantitative estimate of drug-likeness (QED) is 0.700. The maximum atomic E-state index is 12.4. The van der Waals surface area contributed by atoms with Gasteiger partial charge in [-0.2, -0.15) is 18.2 Å². The van der Waals surface area contributed by atoms with E-state index in [2.05, 4.69) is 25.9 Å². The van der Waals surface area contributed by atoms with Gasteiger partial charge in [-0.1, -0.05) is 5.16 Å². The second kappa shape index (κ2) is 7.55. The number of halogens is 3. The molecule has 1 atom stereocenters. The molecular formula is C12H13F3N6O3S. The van der Waals surface area contributed by atoms with Gasteiger partial charge < -0.3 is 9.84 Å². The summed E-state index contributed by atoms with van der Waals surface area (Å²) in [5.41, 5.74) is 0. The number of nitrogens with zero attached hydrogens (tertiary/aromatic N) is 3. The molecule has 0 aliphatic carbocycles. The summed E-state index contributed by atoms with van der Waals surface area (Å²) in [6, 6.07) is 1.53. The molecule has 0 spiro atoms. The SMILES string of the molecule is Cc1cc(NC(=O)[C@H](C)SCC(=O)Nc2n[nH]c(C(F)(F)F)n2)no1. The van der Waals surface area contributed by atoms with Gasteiger partial charge in [-0.15, -0.1) is 16.9 Å². The number of thioether (sulfide) groups is 1. The lowest BCUT2D eigenvalue weighted by atomic mass is 10.4. The summed E-state index contributed by atoms with van der Waals surface area (Å²) in [6.45, 7) is 3.23. The third-order valence-corrected chi connectivity index (χ3v) is 3.86. The molecule has 2 aromatic rings. The van der Waals surface area contributed by atoms with Crippen LogP contribution in [0.25, 0.3) is 0 Å². The topological polar surface area (TPSA) is 126 Å². The summed E-state index contributed by atoms with van der Waals surface area (Å²) in [6.07, 6.45) is -4.68. The molecule has 3 N–H and O–H groups in total. The highest BCUT2D eigenvalue weighted by molar-refractivity contribution is 8.01. The van der Waals surface area contributed by atoms with Crippen LogP contribution >= 0.6 is 11.8 Å². The molecule has 2 rings (SSSR count). The van der Waals surface area contributed by atoms with Crippen LogP contribution in [0, 0.1) is 6.92 Å². The number of aromatic nitrogens is 4. The van der Waals surface area contributed by atoms with Crippen LogP contribution in [0.4, 0.5) is 24.9 Å². The number of alkyl halides is 3. The number of H-pyrrole nitrogens is 1. The van der Waals surface area contributed by atoms with E-state index in [9.17, 15) is 22.8 Å². The molecule has 0 bridgehead atoms. The van der Waals surface area contributed by atoms with Gasteiger partial charge in [0.05, 0.1) is 11.0 Å². The van der Waals surface area contributed by atoms with Gasteiger partial charge in [0.1, 0.15) is 5.76 Å². The van der Waals surface area contributed by atoms with Crippen molar-refractivity contribution < 1.29 is 27.3 Å². The molecule has 0 saturated carbocycles. The number of anilines is 2. The number of hydrogen-bond donors (Lipinski definition) is 3. The maximum absolute atomic E-state index is 12.4. The van der Waals surface area contributed by atoms with Crippen LogP contribution < -0.4 is 10.6 Å². The van der Waals surface area contributed by atoms with Gasteiger partial charge in [-0.3, -0.25) is 20.0 Å². The highest BCUT2D eigenvalue weighted by Crippen LogP contribution is 2.26. The average Bonchev–Trinajstić information content (AvgIpc) is 3.13. The summed E-state index contributed by atoms with van der Waals surface area (Å²) in [4.78, 5) is 26.7. The largest absolute Gasteiger partial charge is 0.451 e. The predicted octanol–water partition coefficient (Wildman–Crippen LogP) is 1.82. The average molecular weight is 378 g/mol. The minimum atomic E-state index is -4.68. The molecule has 0 unspecified atom stereocenters. The molecular weight excluding hydrogens is 365 g/mol. The normalized spacial score (nSPS) is 12.7. The van der Waals surface area contributed by atoms with Crippen LogP contribution in [-0.2, 0) is 15.8 Å². The van der Waals surface area contributed by atoms with Crippen molar-refractivity contribution in [2.45, 2.75) is 25.3 Å². The van der Waals surface area contributed by atoms with Crippen LogP contribution in [0.5, 0.6) is 0 Å². The minimum Gasteiger partial charge on any atom is -0.360 e. The first kappa shape index (κ1) is 18.8. The zero-order chi connectivity index (χ0) is 18.6. The fraction of sp³-hybridized carbons (Fsp3) is 0.417. The summed E-state index contributed by atoms with van der Waals surface area (Å²) < 4.78 is 41.9. The summed E-state index contributed by atoms with van der Waals surface area (Å²) in [5, 5.41) is 12.5. The highest BCUT2D eigenvalue weighted by Gasteiger charge is 2.35. The van der Waals surface area contributed by atoms with Crippen molar-refractivity contribution in [1.82, 2.24) is 20.3 Å². The Kier molecular flexibility index (Phi) is 5.66. The van der Waals surface area contributed by atoms with Crippen molar-refractivity contribution in [2.75, 3.05) is 16.4 Å². The third kappa shape index (κ3) is 5.48. The van der Waals surface area contributed by atoms with Gasteiger partial charge in [0, 0.05) is 6.07 Å². The molecule has 0 aliphatic heterocycles. The van der Waals surface area contributed by atoms with E-state index in [1.54, 1.807) is 18.9 Å². The molecule has 136 valence electrons. The van der Waals surface area contributed by atoms with E-state index in [1.807, 2.05) is 0 Å². The predicted molar refractivity (Wildman–Crippen MR) is 81.8 cm³/mol. The number of aromatic amines is 1. The van der Waals surface area contributed by atoms with E-state index in [1.165, 1.54) is 6.07 Å². The molecule has 9 nitrogen and oxygen atoms in total. The van der Waals surface area contributed by atoms with Crippen molar-refractivity contribution in [3.8, 4) is 0 Å². The Balaban J connectivity index is 1.79. The fourth-order valence-electron chi connectivity index (χ4n) is 1.53. The Morgan fingerprint density at radius 2 is 2.12 bits per heavy atom. The van der Waals surface area contributed by atoms with Crippen molar-refractivity contribution >= 4 is 35.3 Å². The second-order valence-corrected chi connectivity index (χ2v) is 6.15. The van der Waals surface area contributed by atoms with Gasteiger partial charge in [0.15, 0.2) is 5.82 Å². The Morgan fingerprint density at radius 1 is 1.40 bits per heavy atom. The van der Waals surface area contributed by atoms with Gasteiger partial charge in [-0.25, -0.2) is 0 Å². The number of aryl methyl sites for hydroxylation is 1. The van der Waals surface area contributed by atoms with Crippen molar-refractivity contribution in [3.63, 3.8) is 0 Å². The number of carbonyl (C=O) groups excluding carboxylic acids is 2. The molecule has 0 radical (unpaired) electrons. The second-order valence-electron chi connectivity index (χ2n) is 4.82. The highest BCUT2D eigenvalue weighted by atomic mass is 32.2. The molecule has 0 fully saturated rings. The van der Waals surface area contributed by atoms with Crippen LogP contribution in [0.1, 0.15) is 18.5 Å². The van der Waals surface area contributed by atoms with Gasteiger partial charge in [0.25, 0.3) is 0 Å². The molecule has 0 saturated heterocycles. The molecule has 2 aromatic heterocycles. The lowest BCUT2D eigenvalue weighted by molar-refractivity contribution is -0.144. The first-order valence-electron chi connectivity index (χ1n) is 6.80. The molecule has 2 amide bonds. The Labute approximate surface area is 143 Å². The Bertz CT molecular complexity index is 759. The fourth-order valence-corrected chi connectivity index (χ4v) is 2.22. The third-order valence-electron chi connectivity index (χ3n) is 2.72. The number of carbonyl (C=O) groups is 2. The van der Waals surface area contributed by atoms with Crippen molar-refractivity contribution in [1.29, 1.82) is 0 Å². The lowest BCUT2D eigenvalue weighted by Gasteiger charge is -2.09. The summed E-state index contributed by atoms with van der Waals surface area (Å²) >= 11 is 0.980. The smallest absolute Gasteiger partial charge is 0.360 e. The number of nitrogens with one attached hydrogen (secondary N) is 3. The summed E-state index contributed by atoms with van der Waals surface area (Å²) in [5.74, 6) is -2.25. The standard InChI is InChI=1S/C12H13F3N6O3S/c1-5-3-7(21-24-5)16-9(23)6(2)25-4-8(22)17-11-18-10(19-20-11)12(13,14)15/h3,6H,4H2,1-2H3,(H,16,21,23)(H2,17,18,19,20,22)/t6-/m0/s1. The van der Waals surface area contributed by atoms with Crippen LogP contribution in [0.2, 0.25) is 0 Å². The minimum absolute atomic E-state index is 0.178. The molecule has 13 heteroatoms. The van der Waals surface area contributed by atoms with Gasteiger partial charge >= 0.3 is 6.18 Å². The lowest BCUT2D eigenvalue weighted by Crippen LogP contribution is -2.25. The molecule has 0 aromatic carbocycles.